The maximum atomic E-state index is 9.32. The summed E-state index contributed by atoms with van der Waals surface area (Å²) in [6.45, 7) is 4.49. The maximum Gasteiger partial charge on any atom is 0.0991 e. The van der Waals surface area contributed by atoms with Gasteiger partial charge in [-0.3, -0.25) is 0 Å². The van der Waals surface area contributed by atoms with E-state index in [0.29, 0.717) is 5.56 Å². The van der Waals surface area contributed by atoms with Crippen LogP contribution in [0.2, 0.25) is 0 Å². The normalized spacial score (nSPS) is 11.0. The maximum absolute atomic E-state index is 9.32. The molecule has 4 heteroatoms. The summed E-state index contributed by atoms with van der Waals surface area (Å²) in [5, 5.41) is 23.2. The van der Waals surface area contributed by atoms with Crippen LogP contribution in [-0.2, 0) is 12.8 Å². The molecular formula is C23H27N3O. The molecule has 0 aliphatic heterocycles. The van der Waals surface area contributed by atoms with E-state index >= 15 is 0 Å². The third kappa shape index (κ3) is 4.04. The molecule has 3 aromatic rings. The monoisotopic (exact) mass is 361 g/mol. The van der Waals surface area contributed by atoms with Gasteiger partial charge in [-0.25, -0.2) is 4.52 Å². The summed E-state index contributed by atoms with van der Waals surface area (Å²) in [5.74, 6) is 0. The lowest BCUT2D eigenvalue weighted by molar-refractivity contribution is 0.282. The van der Waals surface area contributed by atoms with Crippen molar-refractivity contribution in [2.45, 2.75) is 52.4 Å². The first-order valence-electron chi connectivity index (χ1n) is 9.81. The number of aryl methyl sites for hydroxylation is 2. The van der Waals surface area contributed by atoms with Crippen molar-refractivity contribution < 1.29 is 5.11 Å². The number of aliphatic hydroxyl groups excluding tert-OH is 1. The summed E-state index contributed by atoms with van der Waals surface area (Å²) >= 11 is 0. The van der Waals surface area contributed by atoms with Crippen LogP contribution in [0.3, 0.4) is 0 Å². The summed E-state index contributed by atoms with van der Waals surface area (Å²) in [6.07, 6.45) is 5.98. The Morgan fingerprint density at radius 1 is 1.11 bits per heavy atom. The first kappa shape index (κ1) is 19.1. The average molecular weight is 361 g/mol. The number of fused-ring (bicyclic) bond motifs is 1. The predicted molar refractivity (Wildman–Crippen MR) is 109 cm³/mol. The highest BCUT2D eigenvalue weighted by molar-refractivity contribution is 5.84. The molecule has 2 aromatic heterocycles. The molecule has 0 spiro atoms. The highest BCUT2D eigenvalue weighted by atomic mass is 16.2. The Bertz CT molecular complexity index is 966. The number of rotatable bonds is 8. The Labute approximate surface area is 161 Å². The molecule has 1 aromatic carbocycles. The zero-order valence-corrected chi connectivity index (χ0v) is 16.2. The zero-order chi connectivity index (χ0) is 19.2. The molecule has 0 amide bonds. The van der Waals surface area contributed by atoms with Crippen molar-refractivity contribution in [2.75, 3.05) is 6.61 Å². The van der Waals surface area contributed by atoms with E-state index in [2.05, 4.69) is 42.6 Å². The molecular weight excluding hydrogens is 334 g/mol. The first-order valence-corrected chi connectivity index (χ1v) is 9.81. The van der Waals surface area contributed by atoms with E-state index in [9.17, 15) is 5.26 Å². The third-order valence-electron chi connectivity index (χ3n) is 5.16. The van der Waals surface area contributed by atoms with E-state index in [0.717, 1.165) is 55.3 Å². The van der Waals surface area contributed by atoms with Crippen LogP contribution >= 0.6 is 0 Å². The number of aromatic nitrogens is 2. The lowest BCUT2D eigenvalue weighted by Crippen LogP contribution is -2.06. The van der Waals surface area contributed by atoms with Crippen molar-refractivity contribution in [3.8, 4) is 17.2 Å². The van der Waals surface area contributed by atoms with Crippen molar-refractivity contribution in [1.29, 1.82) is 5.26 Å². The molecule has 0 aliphatic rings. The molecule has 0 fully saturated rings. The largest absolute Gasteiger partial charge is 0.396 e. The molecule has 0 bridgehead atoms. The summed E-state index contributed by atoms with van der Waals surface area (Å²) in [5.41, 5.74) is 7.57. The number of benzene rings is 1. The fourth-order valence-electron chi connectivity index (χ4n) is 3.73. The van der Waals surface area contributed by atoms with Crippen LogP contribution in [0.25, 0.3) is 16.6 Å². The fourth-order valence-corrected chi connectivity index (χ4v) is 3.73. The van der Waals surface area contributed by atoms with Crippen LogP contribution in [0.1, 0.15) is 55.1 Å². The zero-order valence-electron chi connectivity index (χ0n) is 16.2. The first-order chi connectivity index (χ1) is 13.2. The lowest BCUT2D eigenvalue weighted by Gasteiger charge is -2.16. The number of nitriles is 1. The summed E-state index contributed by atoms with van der Waals surface area (Å²) in [6, 6.07) is 14.4. The van der Waals surface area contributed by atoms with Gasteiger partial charge in [-0.2, -0.15) is 10.4 Å². The van der Waals surface area contributed by atoms with Crippen molar-refractivity contribution in [3.63, 3.8) is 0 Å². The highest BCUT2D eigenvalue weighted by Gasteiger charge is 2.16. The van der Waals surface area contributed by atoms with Crippen LogP contribution in [-0.4, -0.2) is 21.3 Å². The SMILES string of the molecule is CCc1ccc2c(-c3cccc(C#N)c3)c(CCCCCCO)c(C)nn12. The van der Waals surface area contributed by atoms with E-state index in [-0.39, 0.29) is 6.61 Å². The smallest absolute Gasteiger partial charge is 0.0991 e. The Balaban J connectivity index is 2.09. The Morgan fingerprint density at radius 3 is 2.67 bits per heavy atom. The van der Waals surface area contributed by atoms with E-state index < -0.39 is 0 Å². The van der Waals surface area contributed by atoms with Crippen molar-refractivity contribution in [1.82, 2.24) is 9.61 Å². The molecule has 0 aliphatic carbocycles. The summed E-state index contributed by atoms with van der Waals surface area (Å²) in [4.78, 5) is 0. The second kappa shape index (κ2) is 8.83. The minimum absolute atomic E-state index is 0.267. The molecule has 1 N–H and O–H groups in total. The van der Waals surface area contributed by atoms with Crippen LogP contribution in [0.5, 0.6) is 0 Å². The van der Waals surface area contributed by atoms with Crippen LogP contribution in [0.15, 0.2) is 36.4 Å². The molecule has 3 rings (SSSR count). The topological polar surface area (TPSA) is 61.3 Å². The molecule has 27 heavy (non-hydrogen) atoms. The van der Waals surface area contributed by atoms with Crippen LogP contribution in [0, 0.1) is 18.3 Å². The van der Waals surface area contributed by atoms with E-state index in [1.807, 2.05) is 18.2 Å². The van der Waals surface area contributed by atoms with Gasteiger partial charge in [0.05, 0.1) is 22.8 Å². The van der Waals surface area contributed by atoms with Gasteiger partial charge in [0.2, 0.25) is 0 Å². The van der Waals surface area contributed by atoms with E-state index in [4.69, 9.17) is 10.2 Å². The molecule has 0 radical (unpaired) electrons. The van der Waals surface area contributed by atoms with Crippen molar-refractivity contribution >= 4 is 5.52 Å². The van der Waals surface area contributed by atoms with Gasteiger partial charge >= 0.3 is 0 Å². The van der Waals surface area contributed by atoms with Gasteiger partial charge in [-0.05, 0) is 68.0 Å². The average Bonchev–Trinajstić information content (AvgIpc) is 3.10. The van der Waals surface area contributed by atoms with Crippen molar-refractivity contribution in [3.05, 3.63) is 58.9 Å². The van der Waals surface area contributed by atoms with Gasteiger partial charge in [0.25, 0.3) is 0 Å². The van der Waals surface area contributed by atoms with E-state index in [1.165, 1.54) is 16.8 Å². The number of unbranched alkanes of at least 4 members (excludes halogenated alkanes) is 3. The number of aliphatic hydroxyl groups is 1. The van der Waals surface area contributed by atoms with Gasteiger partial charge in [0.15, 0.2) is 0 Å². The van der Waals surface area contributed by atoms with Gasteiger partial charge in [-0.1, -0.05) is 31.9 Å². The Hall–Kier alpha value is -2.64. The minimum Gasteiger partial charge on any atom is -0.396 e. The van der Waals surface area contributed by atoms with Gasteiger partial charge < -0.3 is 5.11 Å². The molecule has 0 atom stereocenters. The van der Waals surface area contributed by atoms with Gasteiger partial charge in [0, 0.05) is 17.9 Å². The standard InChI is InChI=1S/C23H27N3O/c1-3-20-12-13-22-23(19-10-8-9-18(15-19)16-24)21(17(2)25-26(20)22)11-6-4-5-7-14-27/h8-10,12-13,15,27H,3-7,11,14H2,1-2H3. The Morgan fingerprint density at radius 2 is 1.93 bits per heavy atom. The second-order valence-corrected chi connectivity index (χ2v) is 6.99. The molecule has 0 saturated heterocycles. The highest BCUT2D eigenvalue weighted by Crippen LogP contribution is 2.33. The number of nitrogens with zero attached hydrogens (tertiary/aromatic N) is 3. The van der Waals surface area contributed by atoms with Crippen LogP contribution < -0.4 is 0 Å². The molecule has 0 unspecified atom stereocenters. The summed E-state index contributed by atoms with van der Waals surface area (Å²) in [7, 11) is 0. The third-order valence-corrected chi connectivity index (χ3v) is 5.16. The molecule has 4 nitrogen and oxygen atoms in total. The molecule has 0 saturated carbocycles. The number of hydrogen-bond acceptors (Lipinski definition) is 3. The predicted octanol–water partition coefficient (Wildman–Crippen LogP) is 4.84. The second-order valence-electron chi connectivity index (χ2n) is 6.99. The van der Waals surface area contributed by atoms with E-state index in [1.54, 1.807) is 0 Å². The Kier molecular flexibility index (Phi) is 6.26. The minimum atomic E-state index is 0.267. The summed E-state index contributed by atoms with van der Waals surface area (Å²) < 4.78 is 2.05. The molecule has 140 valence electrons. The lowest BCUT2D eigenvalue weighted by atomic mass is 9.94. The van der Waals surface area contributed by atoms with Gasteiger partial charge in [0.1, 0.15) is 0 Å². The quantitative estimate of drug-likeness (QED) is 0.584. The molecule has 2 heterocycles. The fraction of sp³-hybridized carbons (Fsp3) is 0.391. The van der Waals surface area contributed by atoms with Gasteiger partial charge in [-0.15, -0.1) is 0 Å². The van der Waals surface area contributed by atoms with Crippen LogP contribution in [0.4, 0.5) is 0 Å². The van der Waals surface area contributed by atoms with Crippen molar-refractivity contribution in [2.24, 2.45) is 0 Å². The number of hydrogen-bond donors (Lipinski definition) is 1.